The first-order valence-electron chi connectivity index (χ1n) is 6.71. The minimum Gasteiger partial charge on any atom is -0.362 e. The highest BCUT2D eigenvalue weighted by Crippen LogP contribution is 2.37. The summed E-state index contributed by atoms with van der Waals surface area (Å²) in [4.78, 5) is 1.97. The van der Waals surface area contributed by atoms with Crippen LogP contribution in [0.15, 0.2) is 12.1 Å². The number of hydrogen-bond acceptors (Lipinski definition) is 2. The van der Waals surface area contributed by atoms with Crippen LogP contribution in [0.3, 0.4) is 0 Å². The van der Waals surface area contributed by atoms with Crippen LogP contribution in [0.2, 0.25) is 5.02 Å². The summed E-state index contributed by atoms with van der Waals surface area (Å²) in [5.74, 6) is -0.515. The number of halogens is 3. The maximum atomic E-state index is 14.0. The SMILES string of the molecule is CC1CNC(C2CC2)CN1c1c(F)cc(F)cc1Cl. The van der Waals surface area contributed by atoms with Gasteiger partial charge in [-0.25, -0.2) is 8.78 Å². The van der Waals surface area contributed by atoms with Crippen molar-refractivity contribution in [1.82, 2.24) is 5.32 Å². The fourth-order valence-corrected chi connectivity index (χ4v) is 3.13. The van der Waals surface area contributed by atoms with Gasteiger partial charge in [0.05, 0.1) is 10.7 Å². The molecule has 0 radical (unpaired) electrons. The summed E-state index contributed by atoms with van der Waals surface area (Å²) in [6.45, 7) is 3.55. The maximum Gasteiger partial charge on any atom is 0.150 e. The molecule has 0 spiro atoms. The van der Waals surface area contributed by atoms with Crippen molar-refractivity contribution in [3.05, 3.63) is 28.8 Å². The van der Waals surface area contributed by atoms with Gasteiger partial charge in [0.2, 0.25) is 0 Å². The Hall–Kier alpha value is -0.870. The molecule has 2 fully saturated rings. The van der Waals surface area contributed by atoms with Crippen LogP contribution in [-0.2, 0) is 0 Å². The van der Waals surface area contributed by atoms with Gasteiger partial charge < -0.3 is 10.2 Å². The predicted octanol–water partition coefficient (Wildman–Crippen LogP) is 3.19. The molecule has 1 aliphatic heterocycles. The van der Waals surface area contributed by atoms with E-state index in [0.29, 0.717) is 17.6 Å². The third-order valence-electron chi connectivity index (χ3n) is 4.06. The molecule has 5 heteroatoms. The Bertz CT molecular complexity index is 467. The third-order valence-corrected chi connectivity index (χ3v) is 4.35. The van der Waals surface area contributed by atoms with Gasteiger partial charge in [-0.1, -0.05) is 11.6 Å². The van der Waals surface area contributed by atoms with E-state index in [1.54, 1.807) is 0 Å². The molecule has 3 rings (SSSR count). The maximum absolute atomic E-state index is 14.0. The van der Waals surface area contributed by atoms with Crippen molar-refractivity contribution in [3.63, 3.8) is 0 Å². The highest BCUT2D eigenvalue weighted by molar-refractivity contribution is 6.33. The Balaban J connectivity index is 1.90. The van der Waals surface area contributed by atoms with E-state index in [4.69, 9.17) is 11.6 Å². The largest absolute Gasteiger partial charge is 0.362 e. The number of nitrogens with zero attached hydrogens (tertiary/aromatic N) is 1. The van der Waals surface area contributed by atoms with Crippen LogP contribution in [0.4, 0.5) is 14.5 Å². The van der Waals surface area contributed by atoms with E-state index in [2.05, 4.69) is 5.32 Å². The summed E-state index contributed by atoms with van der Waals surface area (Å²) in [7, 11) is 0. The normalized spacial score (nSPS) is 27.7. The van der Waals surface area contributed by atoms with E-state index < -0.39 is 11.6 Å². The Kier molecular flexibility index (Phi) is 3.39. The van der Waals surface area contributed by atoms with E-state index in [0.717, 1.165) is 19.2 Å². The highest BCUT2D eigenvalue weighted by atomic mass is 35.5. The van der Waals surface area contributed by atoms with Crippen molar-refractivity contribution in [2.75, 3.05) is 18.0 Å². The fourth-order valence-electron chi connectivity index (χ4n) is 2.82. The van der Waals surface area contributed by atoms with Crippen molar-refractivity contribution in [2.24, 2.45) is 5.92 Å². The van der Waals surface area contributed by atoms with Crippen molar-refractivity contribution in [3.8, 4) is 0 Å². The molecule has 2 atom stereocenters. The first kappa shape index (κ1) is 13.1. The van der Waals surface area contributed by atoms with Crippen molar-refractivity contribution >= 4 is 17.3 Å². The molecular formula is C14H17ClF2N2. The van der Waals surface area contributed by atoms with Crippen LogP contribution in [0, 0.1) is 17.6 Å². The minimum atomic E-state index is -0.632. The second-order valence-corrected chi connectivity index (χ2v) is 5.98. The van der Waals surface area contributed by atoms with Gasteiger partial charge >= 0.3 is 0 Å². The summed E-state index contributed by atoms with van der Waals surface area (Å²) in [5.41, 5.74) is 0.336. The molecule has 104 valence electrons. The van der Waals surface area contributed by atoms with E-state index in [9.17, 15) is 8.78 Å². The average molecular weight is 287 g/mol. The smallest absolute Gasteiger partial charge is 0.150 e. The van der Waals surface area contributed by atoms with Crippen LogP contribution < -0.4 is 10.2 Å². The van der Waals surface area contributed by atoms with Crippen LogP contribution in [0.5, 0.6) is 0 Å². The lowest BCUT2D eigenvalue weighted by atomic mass is 10.0. The van der Waals surface area contributed by atoms with Crippen molar-refractivity contribution in [1.29, 1.82) is 0 Å². The van der Waals surface area contributed by atoms with Crippen LogP contribution in [-0.4, -0.2) is 25.2 Å². The van der Waals surface area contributed by atoms with Gasteiger partial charge in [-0.3, -0.25) is 0 Å². The summed E-state index contributed by atoms with van der Waals surface area (Å²) in [6, 6.07) is 2.62. The Morgan fingerprint density at radius 2 is 2.05 bits per heavy atom. The van der Waals surface area contributed by atoms with Gasteiger partial charge in [-0.2, -0.15) is 0 Å². The van der Waals surface area contributed by atoms with Crippen LogP contribution >= 0.6 is 11.6 Å². The van der Waals surface area contributed by atoms with Crippen molar-refractivity contribution < 1.29 is 8.78 Å². The first-order valence-corrected chi connectivity index (χ1v) is 7.08. The lowest BCUT2D eigenvalue weighted by molar-refractivity contribution is 0.373. The van der Waals surface area contributed by atoms with E-state index in [1.807, 2.05) is 11.8 Å². The van der Waals surface area contributed by atoms with Crippen molar-refractivity contribution in [2.45, 2.75) is 31.8 Å². The fraction of sp³-hybridized carbons (Fsp3) is 0.571. The summed E-state index contributed by atoms with van der Waals surface area (Å²) < 4.78 is 27.2. The molecule has 1 N–H and O–H groups in total. The molecule has 1 aromatic rings. The molecule has 1 heterocycles. The topological polar surface area (TPSA) is 15.3 Å². The number of anilines is 1. The van der Waals surface area contributed by atoms with Gasteiger partial charge in [0.1, 0.15) is 5.82 Å². The molecule has 1 saturated carbocycles. The molecule has 2 unspecified atom stereocenters. The molecule has 0 bridgehead atoms. The molecule has 19 heavy (non-hydrogen) atoms. The van der Waals surface area contributed by atoms with E-state index >= 15 is 0 Å². The Morgan fingerprint density at radius 3 is 2.68 bits per heavy atom. The van der Waals surface area contributed by atoms with E-state index in [1.165, 1.54) is 18.9 Å². The molecule has 1 aromatic carbocycles. The van der Waals surface area contributed by atoms with Gasteiger partial charge in [0.15, 0.2) is 5.82 Å². The molecule has 0 amide bonds. The molecule has 1 saturated heterocycles. The number of piperazine rings is 1. The Labute approximate surface area is 116 Å². The second-order valence-electron chi connectivity index (χ2n) is 5.57. The molecule has 2 aliphatic rings. The first-order chi connectivity index (χ1) is 9.06. The lowest BCUT2D eigenvalue weighted by Crippen LogP contribution is -2.56. The number of benzene rings is 1. The summed E-state index contributed by atoms with van der Waals surface area (Å²) in [5, 5.41) is 3.65. The predicted molar refractivity (Wildman–Crippen MR) is 72.7 cm³/mol. The number of nitrogens with one attached hydrogen (secondary N) is 1. The zero-order valence-corrected chi connectivity index (χ0v) is 11.6. The zero-order chi connectivity index (χ0) is 13.6. The second kappa shape index (κ2) is 4.91. The molecular weight excluding hydrogens is 270 g/mol. The van der Waals surface area contributed by atoms with E-state index in [-0.39, 0.29) is 11.1 Å². The third kappa shape index (κ3) is 2.56. The Morgan fingerprint density at radius 1 is 1.32 bits per heavy atom. The quantitative estimate of drug-likeness (QED) is 0.898. The van der Waals surface area contributed by atoms with Gasteiger partial charge in [-0.15, -0.1) is 0 Å². The highest BCUT2D eigenvalue weighted by Gasteiger charge is 2.37. The lowest BCUT2D eigenvalue weighted by Gasteiger charge is -2.41. The van der Waals surface area contributed by atoms with Crippen LogP contribution in [0.1, 0.15) is 19.8 Å². The number of rotatable bonds is 2. The summed E-state index contributed by atoms with van der Waals surface area (Å²) >= 11 is 6.03. The monoisotopic (exact) mass is 286 g/mol. The standard InChI is InChI=1S/C14H17ClF2N2/c1-8-6-18-13(9-2-3-9)7-19(8)14-11(15)4-10(16)5-12(14)17/h4-5,8-9,13,18H,2-3,6-7H2,1H3. The average Bonchev–Trinajstić information content (AvgIpc) is 3.14. The van der Waals surface area contributed by atoms with Gasteiger partial charge in [-0.05, 0) is 31.7 Å². The number of hydrogen-bond donors (Lipinski definition) is 1. The molecule has 1 aliphatic carbocycles. The molecule has 2 nitrogen and oxygen atoms in total. The zero-order valence-electron chi connectivity index (χ0n) is 10.8. The summed E-state index contributed by atoms with van der Waals surface area (Å²) in [6.07, 6.45) is 2.47. The van der Waals surface area contributed by atoms with Gasteiger partial charge in [0, 0.05) is 31.2 Å². The van der Waals surface area contributed by atoms with Gasteiger partial charge in [0.25, 0.3) is 0 Å². The minimum absolute atomic E-state index is 0.146. The molecule has 0 aromatic heterocycles. The van der Waals surface area contributed by atoms with Crippen LogP contribution in [0.25, 0.3) is 0 Å².